The lowest BCUT2D eigenvalue weighted by Crippen LogP contribution is -2.32. The summed E-state index contributed by atoms with van der Waals surface area (Å²) in [4.78, 5) is 11.9. The van der Waals surface area contributed by atoms with Gasteiger partial charge in [0.15, 0.2) is 0 Å². The van der Waals surface area contributed by atoms with E-state index in [1.54, 1.807) is 18.2 Å². The third kappa shape index (κ3) is 5.95. The quantitative estimate of drug-likeness (QED) is 0.813. The third-order valence-corrected chi connectivity index (χ3v) is 3.57. The molecular formula is C11H14Cl2F2N2OS. The molecule has 1 rings (SSSR count). The maximum absolute atomic E-state index is 12.2. The molecule has 0 heterocycles. The number of carbonyl (C=O) groups is 1. The molecule has 0 aliphatic heterocycles. The van der Waals surface area contributed by atoms with Crippen molar-refractivity contribution in [2.24, 2.45) is 5.73 Å². The number of carbonyl (C=O) groups excluding carboxylic acids is 1. The molecule has 8 heteroatoms. The monoisotopic (exact) mass is 330 g/mol. The van der Waals surface area contributed by atoms with E-state index < -0.39 is 18.4 Å². The van der Waals surface area contributed by atoms with Crippen molar-refractivity contribution >= 4 is 47.4 Å². The van der Waals surface area contributed by atoms with Crippen LogP contribution in [0.3, 0.4) is 0 Å². The maximum atomic E-state index is 12.2. The number of alkyl halides is 2. The van der Waals surface area contributed by atoms with Gasteiger partial charge in [-0.3, -0.25) is 4.79 Å². The van der Waals surface area contributed by atoms with Gasteiger partial charge >= 0.3 is 0 Å². The summed E-state index contributed by atoms with van der Waals surface area (Å²) in [5, 5.41) is 2.88. The predicted octanol–water partition coefficient (Wildman–Crippen LogP) is 3.40. The summed E-state index contributed by atoms with van der Waals surface area (Å²) in [7, 11) is 0. The highest BCUT2D eigenvalue weighted by Gasteiger charge is 2.14. The number of amides is 1. The van der Waals surface area contributed by atoms with Crippen molar-refractivity contribution < 1.29 is 13.6 Å². The highest BCUT2D eigenvalue weighted by Crippen LogP contribution is 2.35. The van der Waals surface area contributed by atoms with Gasteiger partial charge in [-0.2, -0.15) is 0 Å². The molecule has 3 N–H and O–H groups in total. The number of anilines is 1. The highest BCUT2D eigenvalue weighted by atomic mass is 35.5. The van der Waals surface area contributed by atoms with Gasteiger partial charge in [0.2, 0.25) is 12.3 Å². The van der Waals surface area contributed by atoms with E-state index in [0.717, 1.165) is 11.8 Å². The van der Waals surface area contributed by atoms with Crippen molar-refractivity contribution in [3.8, 4) is 0 Å². The molecule has 1 aromatic carbocycles. The molecule has 1 aromatic rings. The minimum absolute atomic E-state index is 0. The van der Waals surface area contributed by atoms with E-state index in [4.69, 9.17) is 17.3 Å². The van der Waals surface area contributed by atoms with Gasteiger partial charge in [0.05, 0.1) is 22.5 Å². The minimum atomic E-state index is -2.44. The Balaban J connectivity index is 0.00000324. The summed E-state index contributed by atoms with van der Waals surface area (Å²) in [5.41, 5.74) is 5.82. The molecule has 0 spiro atoms. The SMILES string of the molecule is C[C@H](N)C(=O)Nc1cccc(Cl)c1SCC(F)F.Cl. The summed E-state index contributed by atoms with van der Waals surface area (Å²) < 4.78 is 24.4. The molecule has 0 saturated carbocycles. The first-order valence-electron chi connectivity index (χ1n) is 5.17. The van der Waals surface area contributed by atoms with Crippen LogP contribution >= 0.6 is 35.8 Å². The number of rotatable bonds is 5. The van der Waals surface area contributed by atoms with E-state index in [2.05, 4.69) is 5.32 Å². The molecule has 0 radical (unpaired) electrons. The van der Waals surface area contributed by atoms with Gasteiger partial charge in [-0.05, 0) is 19.1 Å². The fourth-order valence-electron chi connectivity index (χ4n) is 1.15. The lowest BCUT2D eigenvalue weighted by atomic mass is 10.3. The number of thioether (sulfide) groups is 1. The average molecular weight is 331 g/mol. The van der Waals surface area contributed by atoms with Gasteiger partial charge in [0.1, 0.15) is 0 Å². The van der Waals surface area contributed by atoms with E-state index >= 15 is 0 Å². The average Bonchev–Trinajstić information content (AvgIpc) is 2.27. The Morgan fingerprint density at radius 1 is 1.53 bits per heavy atom. The van der Waals surface area contributed by atoms with E-state index in [1.807, 2.05) is 0 Å². The molecule has 0 aromatic heterocycles. The van der Waals surface area contributed by atoms with Crippen LogP contribution in [-0.2, 0) is 4.79 Å². The van der Waals surface area contributed by atoms with Crippen LogP contribution in [0.5, 0.6) is 0 Å². The van der Waals surface area contributed by atoms with Gasteiger partial charge in [-0.1, -0.05) is 17.7 Å². The summed E-state index contributed by atoms with van der Waals surface area (Å²) in [6, 6.07) is 4.12. The second kappa shape index (κ2) is 8.58. The smallest absolute Gasteiger partial charge is 0.247 e. The van der Waals surface area contributed by atoms with Gasteiger partial charge in [0, 0.05) is 4.90 Å². The fraction of sp³-hybridized carbons (Fsp3) is 0.364. The number of benzene rings is 1. The summed E-state index contributed by atoms with van der Waals surface area (Å²) in [6.45, 7) is 1.53. The number of hydrogen-bond donors (Lipinski definition) is 2. The Morgan fingerprint density at radius 3 is 2.68 bits per heavy atom. The van der Waals surface area contributed by atoms with Gasteiger partial charge < -0.3 is 11.1 Å². The molecule has 0 unspecified atom stereocenters. The van der Waals surface area contributed by atoms with Crippen LogP contribution in [0.15, 0.2) is 23.1 Å². The second-order valence-corrected chi connectivity index (χ2v) is 5.03. The second-order valence-electron chi connectivity index (χ2n) is 3.60. The van der Waals surface area contributed by atoms with Crippen molar-refractivity contribution in [3.63, 3.8) is 0 Å². The largest absolute Gasteiger partial charge is 0.324 e. The first kappa shape index (κ1) is 18.4. The number of hydrogen-bond acceptors (Lipinski definition) is 3. The molecule has 0 aliphatic carbocycles. The van der Waals surface area contributed by atoms with E-state index in [-0.39, 0.29) is 18.2 Å². The van der Waals surface area contributed by atoms with Crippen LogP contribution in [0.1, 0.15) is 6.92 Å². The summed E-state index contributed by atoms with van der Waals surface area (Å²) in [5.74, 6) is -0.777. The number of halogens is 4. The van der Waals surface area contributed by atoms with Crippen LogP contribution in [0.4, 0.5) is 14.5 Å². The van der Waals surface area contributed by atoms with Crippen molar-refractivity contribution in [1.82, 2.24) is 0 Å². The molecule has 0 aliphatic rings. The predicted molar refractivity (Wildman–Crippen MR) is 77.7 cm³/mol. The van der Waals surface area contributed by atoms with Crippen molar-refractivity contribution in [2.45, 2.75) is 24.3 Å². The van der Waals surface area contributed by atoms with Gasteiger partial charge in [0.25, 0.3) is 0 Å². The van der Waals surface area contributed by atoms with Crippen molar-refractivity contribution in [3.05, 3.63) is 23.2 Å². The van der Waals surface area contributed by atoms with E-state index in [0.29, 0.717) is 15.6 Å². The van der Waals surface area contributed by atoms with E-state index in [1.165, 1.54) is 6.92 Å². The first-order valence-corrected chi connectivity index (χ1v) is 6.54. The van der Waals surface area contributed by atoms with Crippen LogP contribution in [0.2, 0.25) is 5.02 Å². The number of nitrogens with two attached hydrogens (primary N) is 1. The Bertz CT molecular complexity index is 433. The molecule has 108 valence electrons. The third-order valence-electron chi connectivity index (χ3n) is 1.99. The standard InChI is InChI=1S/C11H13ClF2N2OS.ClH/c1-6(15)11(17)16-8-4-2-3-7(12)10(8)18-5-9(13)14;/h2-4,6,9H,5,15H2,1H3,(H,16,17);1H/t6-;/m0./s1. The van der Waals surface area contributed by atoms with Gasteiger partial charge in [-0.15, -0.1) is 24.2 Å². The van der Waals surface area contributed by atoms with E-state index in [9.17, 15) is 13.6 Å². The van der Waals surface area contributed by atoms with Crippen LogP contribution < -0.4 is 11.1 Å². The normalized spacial score (nSPS) is 11.9. The van der Waals surface area contributed by atoms with Crippen molar-refractivity contribution in [1.29, 1.82) is 0 Å². The van der Waals surface area contributed by atoms with Crippen LogP contribution in [0, 0.1) is 0 Å². The Kier molecular flexibility index (Phi) is 8.33. The fourth-order valence-corrected chi connectivity index (χ4v) is 2.26. The zero-order valence-corrected chi connectivity index (χ0v) is 12.4. The molecule has 0 fully saturated rings. The zero-order valence-electron chi connectivity index (χ0n) is 10.0. The maximum Gasteiger partial charge on any atom is 0.247 e. The molecule has 1 atom stereocenters. The van der Waals surface area contributed by atoms with Gasteiger partial charge in [-0.25, -0.2) is 8.78 Å². The minimum Gasteiger partial charge on any atom is -0.324 e. The van der Waals surface area contributed by atoms with Crippen LogP contribution in [0.25, 0.3) is 0 Å². The number of nitrogens with one attached hydrogen (secondary N) is 1. The molecule has 1 amide bonds. The Labute approximate surface area is 125 Å². The lowest BCUT2D eigenvalue weighted by molar-refractivity contribution is -0.117. The lowest BCUT2D eigenvalue weighted by Gasteiger charge is -2.13. The molecule has 0 bridgehead atoms. The van der Waals surface area contributed by atoms with Crippen molar-refractivity contribution in [2.75, 3.05) is 11.1 Å². The molecule has 0 saturated heterocycles. The summed E-state index contributed by atoms with van der Waals surface area (Å²) in [6.07, 6.45) is -2.44. The van der Waals surface area contributed by atoms with Crippen LogP contribution in [-0.4, -0.2) is 24.1 Å². The zero-order chi connectivity index (χ0) is 13.7. The molecule has 19 heavy (non-hydrogen) atoms. The first-order chi connectivity index (χ1) is 8.41. The highest BCUT2D eigenvalue weighted by molar-refractivity contribution is 7.99. The molecule has 3 nitrogen and oxygen atoms in total. The molecular weight excluding hydrogens is 317 g/mol. The topological polar surface area (TPSA) is 55.1 Å². The Hall–Kier alpha value is -0.560. The summed E-state index contributed by atoms with van der Waals surface area (Å²) >= 11 is 6.83. The Morgan fingerprint density at radius 2 is 2.16 bits per heavy atom.